The molecule has 2 atom stereocenters. The van der Waals surface area contributed by atoms with E-state index in [0.717, 1.165) is 38.2 Å². The van der Waals surface area contributed by atoms with Crippen molar-refractivity contribution >= 4 is 5.91 Å². The fourth-order valence-corrected chi connectivity index (χ4v) is 3.00. The molecule has 1 saturated carbocycles. The predicted molar refractivity (Wildman–Crippen MR) is 69.3 cm³/mol. The van der Waals surface area contributed by atoms with Crippen LogP contribution >= 0.6 is 0 Å². The van der Waals surface area contributed by atoms with Crippen molar-refractivity contribution in [3.05, 3.63) is 18.0 Å². The molecule has 1 aromatic heterocycles. The molecule has 3 rings (SSSR count). The van der Waals surface area contributed by atoms with Crippen LogP contribution in [0.3, 0.4) is 0 Å². The van der Waals surface area contributed by atoms with Gasteiger partial charge in [-0.3, -0.25) is 14.4 Å². The Morgan fingerprint density at radius 3 is 2.79 bits per heavy atom. The van der Waals surface area contributed by atoms with Crippen LogP contribution in [0.2, 0.25) is 0 Å². The highest BCUT2D eigenvalue weighted by Gasteiger charge is 2.58. The molecule has 19 heavy (non-hydrogen) atoms. The summed E-state index contributed by atoms with van der Waals surface area (Å²) in [5, 5.41) is 13.5. The highest BCUT2D eigenvalue weighted by Crippen LogP contribution is 2.53. The van der Waals surface area contributed by atoms with Crippen LogP contribution in [0.5, 0.6) is 0 Å². The Morgan fingerprint density at radius 2 is 2.26 bits per heavy atom. The van der Waals surface area contributed by atoms with E-state index in [4.69, 9.17) is 5.73 Å². The van der Waals surface area contributed by atoms with Crippen molar-refractivity contribution in [2.75, 3.05) is 19.6 Å². The van der Waals surface area contributed by atoms with Crippen molar-refractivity contribution < 1.29 is 9.90 Å². The third-order valence-electron chi connectivity index (χ3n) is 4.48. The summed E-state index contributed by atoms with van der Waals surface area (Å²) in [6.45, 7) is 5.18. The maximum absolute atomic E-state index is 11.6. The molecule has 0 spiro atoms. The SMILES string of the molecule is CC1CC1(C(N)=O)c1cnn(CCN2CC(O)C2)c1. The second kappa shape index (κ2) is 4.31. The van der Waals surface area contributed by atoms with Crippen LogP contribution in [0.25, 0.3) is 0 Å². The molecule has 1 aromatic rings. The van der Waals surface area contributed by atoms with Gasteiger partial charge in [0.1, 0.15) is 0 Å². The average molecular weight is 264 g/mol. The zero-order valence-corrected chi connectivity index (χ0v) is 11.1. The summed E-state index contributed by atoms with van der Waals surface area (Å²) in [7, 11) is 0. The summed E-state index contributed by atoms with van der Waals surface area (Å²) >= 11 is 0. The first kappa shape index (κ1) is 12.6. The molecule has 1 aliphatic carbocycles. The standard InChI is InChI=1S/C13H20N4O2/c1-9-4-13(9,12(14)19)10-5-15-17(6-10)3-2-16-7-11(18)8-16/h5-6,9,11,18H,2-4,7-8H2,1H3,(H2,14,19). The van der Waals surface area contributed by atoms with Gasteiger partial charge in [0.15, 0.2) is 0 Å². The van der Waals surface area contributed by atoms with Crippen LogP contribution in [-0.4, -0.2) is 51.4 Å². The predicted octanol–water partition coefficient (Wildman–Crippen LogP) is -0.677. The summed E-state index contributed by atoms with van der Waals surface area (Å²) < 4.78 is 1.86. The third kappa shape index (κ3) is 2.04. The molecule has 1 saturated heterocycles. The second-order valence-electron chi connectivity index (χ2n) is 5.85. The first-order chi connectivity index (χ1) is 9.02. The van der Waals surface area contributed by atoms with Gasteiger partial charge >= 0.3 is 0 Å². The molecule has 6 heteroatoms. The largest absolute Gasteiger partial charge is 0.390 e. The van der Waals surface area contributed by atoms with Gasteiger partial charge in [0.25, 0.3) is 0 Å². The van der Waals surface area contributed by atoms with E-state index in [2.05, 4.69) is 10.00 Å². The first-order valence-electron chi connectivity index (χ1n) is 6.75. The van der Waals surface area contributed by atoms with Gasteiger partial charge in [-0.1, -0.05) is 6.92 Å². The number of hydrogen-bond acceptors (Lipinski definition) is 4. The molecular formula is C13H20N4O2. The number of aliphatic hydroxyl groups excluding tert-OH is 1. The maximum Gasteiger partial charge on any atom is 0.228 e. The lowest BCUT2D eigenvalue weighted by atomic mass is 9.96. The van der Waals surface area contributed by atoms with Gasteiger partial charge in [0.2, 0.25) is 5.91 Å². The van der Waals surface area contributed by atoms with Crippen molar-refractivity contribution in [3.63, 3.8) is 0 Å². The van der Waals surface area contributed by atoms with Crippen LogP contribution in [0, 0.1) is 5.92 Å². The second-order valence-corrected chi connectivity index (χ2v) is 5.85. The molecule has 0 aromatic carbocycles. The Labute approximate surface area is 112 Å². The van der Waals surface area contributed by atoms with Gasteiger partial charge in [0.05, 0.1) is 24.3 Å². The Balaban J connectivity index is 1.62. The van der Waals surface area contributed by atoms with Crippen molar-refractivity contribution in [2.24, 2.45) is 11.7 Å². The van der Waals surface area contributed by atoms with E-state index in [1.165, 1.54) is 0 Å². The van der Waals surface area contributed by atoms with Gasteiger partial charge in [-0.25, -0.2) is 0 Å². The van der Waals surface area contributed by atoms with E-state index in [0.29, 0.717) is 5.92 Å². The zero-order chi connectivity index (χ0) is 13.6. The summed E-state index contributed by atoms with van der Waals surface area (Å²) in [6, 6.07) is 0. The number of aromatic nitrogens is 2. The summed E-state index contributed by atoms with van der Waals surface area (Å²) in [5.74, 6) is 0.0681. The quantitative estimate of drug-likeness (QED) is 0.738. The topological polar surface area (TPSA) is 84.4 Å². The average Bonchev–Trinajstić information content (AvgIpc) is 2.81. The number of nitrogens with zero attached hydrogens (tertiary/aromatic N) is 3. The van der Waals surface area contributed by atoms with Gasteiger partial charge in [-0.15, -0.1) is 0 Å². The van der Waals surface area contributed by atoms with Crippen LogP contribution in [0.15, 0.2) is 12.4 Å². The number of nitrogens with two attached hydrogens (primary N) is 1. The van der Waals surface area contributed by atoms with Gasteiger partial charge < -0.3 is 10.8 Å². The molecule has 3 N–H and O–H groups in total. The van der Waals surface area contributed by atoms with Crippen LogP contribution in [-0.2, 0) is 16.8 Å². The number of carbonyl (C=O) groups excluding carboxylic acids is 1. The van der Waals surface area contributed by atoms with Crippen LogP contribution < -0.4 is 5.73 Å². The Hall–Kier alpha value is -1.40. The fraction of sp³-hybridized carbons (Fsp3) is 0.692. The number of carbonyl (C=O) groups is 1. The summed E-state index contributed by atoms with van der Waals surface area (Å²) in [6.07, 6.45) is 4.36. The molecule has 1 amide bonds. The minimum Gasteiger partial charge on any atom is -0.390 e. The van der Waals surface area contributed by atoms with E-state index >= 15 is 0 Å². The number of hydrogen-bond donors (Lipinski definition) is 2. The van der Waals surface area contributed by atoms with Gasteiger partial charge in [-0.05, 0) is 12.3 Å². The smallest absolute Gasteiger partial charge is 0.228 e. The fourth-order valence-electron chi connectivity index (χ4n) is 3.00. The highest BCUT2D eigenvalue weighted by atomic mass is 16.3. The number of aliphatic hydroxyl groups is 1. The minimum absolute atomic E-state index is 0.168. The van der Waals surface area contributed by atoms with Gasteiger partial charge in [0, 0.05) is 31.4 Å². The lowest BCUT2D eigenvalue weighted by Crippen LogP contribution is -2.51. The lowest BCUT2D eigenvalue weighted by molar-refractivity contribution is -0.120. The molecule has 0 radical (unpaired) electrons. The van der Waals surface area contributed by atoms with Crippen LogP contribution in [0.1, 0.15) is 18.9 Å². The summed E-state index contributed by atoms with van der Waals surface area (Å²) in [5.41, 5.74) is 5.98. The molecule has 104 valence electrons. The Morgan fingerprint density at radius 1 is 1.58 bits per heavy atom. The number of β-amino-alcohol motifs (C(OH)–C–C–N with tert-alkyl or cyclic N) is 1. The molecule has 2 heterocycles. The Kier molecular flexibility index (Phi) is 2.87. The van der Waals surface area contributed by atoms with Crippen molar-refractivity contribution in [1.82, 2.24) is 14.7 Å². The number of primary amides is 1. The Bertz CT molecular complexity index is 495. The normalized spacial score (nSPS) is 31.2. The number of likely N-dealkylation sites (tertiary alicyclic amines) is 1. The number of amides is 1. The van der Waals surface area contributed by atoms with Crippen molar-refractivity contribution in [1.29, 1.82) is 0 Å². The molecular weight excluding hydrogens is 244 g/mol. The first-order valence-corrected chi connectivity index (χ1v) is 6.75. The number of rotatable bonds is 5. The maximum atomic E-state index is 11.6. The van der Waals surface area contributed by atoms with Crippen LogP contribution in [0.4, 0.5) is 0 Å². The van der Waals surface area contributed by atoms with E-state index in [9.17, 15) is 9.90 Å². The van der Waals surface area contributed by atoms with E-state index in [1.807, 2.05) is 17.8 Å². The molecule has 6 nitrogen and oxygen atoms in total. The molecule has 2 unspecified atom stereocenters. The highest BCUT2D eigenvalue weighted by molar-refractivity contribution is 5.90. The van der Waals surface area contributed by atoms with E-state index < -0.39 is 5.41 Å². The summed E-state index contributed by atoms with van der Waals surface area (Å²) in [4.78, 5) is 13.8. The molecule has 1 aliphatic heterocycles. The molecule has 2 fully saturated rings. The lowest BCUT2D eigenvalue weighted by Gasteiger charge is -2.35. The van der Waals surface area contributed by atoms with E-state index in [-0.39, 0.29) is 12.0 Å². The van der Waals surface area contributed by atoms with E-state index in [1.54, 1.807) is 6.20 Å². The zero-order valence-electron chi connectivity index (χ0n) is 11.1. The third-order valence-corrected chi connectivity index (χ3v) is 4.48. The van der Waals surface area contributed by atoms with Crippen molar-refractivity contribution in [3.8, 4) is 0 Å². The minimum atomic E-state index is -0.481. The molecule has 0 bridgehead atoms. The monoisotopic (exact) mass is 264 g/mol. The van der Waals surface area contributed by atoms with Crippen molar-refractivity contribution in [2.45, 2.75) is 31.4 Å². The molecule has 2 aliphatic rings. The van der Waals surface area contributed by atoms with Gasteiger partial charge in [-0.2, -0.15) is 5.10 Å².